The number of methoxy groups -OCH3 is 1. The second kappa shape index (κ2) is 5.00. The molecule has 0 aliphatic heterocycles. The molecule has 5 nitrogen and oxygen atoms in total. The van der Waals surface area contributed by atoms with Crippen LogP contribution in [0, 0.1) is 0 Å². The van der Waals surface area contributed by atoms with Gasteiger partial charge in [-0.2, -0.15) is 0 Å². The molecule has 7 heteroatoms. The minimum Gasteiger partial charge on any atom is -0.496 e. The van der Waals surface area contributed by atoms with Crippen LogP contribution in [-0.2, 0) is 0 Å². The van der Waals surface area contributed by atoms with E-state index in [1.54, 1.807) is 0 Å². The normalized spacial score (nSPS) is 9.62. The fraction of sp³-hybridized carbons (Fsp3) is 0.111. The Bertz CT molecular complexity index is 451. The number of carboxylic acids is 1. The molecule has 0 bridgehead atoms. The zero-order chi connectivity index (χ0) is 12.3. The number of carbonyl (C=O) groups is 1. The fourth-order valence-corrected chi connectivity index (χ4v) is 1.44. The molecule has 1 aromatic carbocycles. The molecule has 86 valence electrons. The van der Waals surface area contributed by atoms with E-state index in [1.165, 1.54) is 19.2 Å². The van der Waals surface area contributed by atoms with E-state index in [4.69, 9.17) is 27.2 Å². The van der Waals surface area contributed by atoms with E-state index in [9.17, 15) is 4.79 Å². The number of hydrogen-bond donors (Lipinski definition) is 3. The van der Waals surface area contributed by atoms with Crippen molar-refractivity contribution in [1.29, 1.82) is 0 Å². The molecule has 0 aromatic heterocycles. The lowest BCUT2D eigenvalue weighted by molar-refractivity contribution is 0.0693. The number of aromatic carboxylic acids is 1. The molecule has 0 amide bonds. The zero-order valence-corrected chi connectivity index (χ0v) is 9.85. The van der Waals surface area contributed by atoms with Crippen LogP contribution in [0.25, 0.3) is 0 Å². The number of ether oxygens (including phenoxy) is 1. The lowest BCUT2D eigenvalue weighted by atomic mass is 10.2. The van der Waals surface area contributed by atoms with Gasteiger partial charge in [0.15, 0.2) is 5.11 Å². The number of hydrogen-bond acceptors (Lipinski definition) is 3. The molecule has 16 heavy (non-hydrogen) atoms. The number of carboxylic acid groups (broad SMARTS) is 1. The molecular weight excluding hydrogens is 252 g/mol. The van der Waals surface area contributed by atoms with E-state index < -0.39 is 5.97 Å². The Balaban J connectivity index is 3.25. The smallest absolute Gasteiger partial charge is 0.339 e. The van der Waals surface area contributed by atoms with E-state index in [0.717, 1.165) is 0 Å². The Morgan fingerprint density at radius 3 is 2.69 bits per heavy atom. The van der Waals surface area contributed by atoms with Gasteiger partial charge in [0.25, 0.3) is 0 Å². The summed E-state index contributed by atoms with van der Waals surface area (Å²) in [7, 11) is 1.36. The number of rotatable bonds is 3. The van der Waals surface area contributed by atoms with Crippen LogP contribution in [0.15, 0.2) is 12.1 Å². The van der Waals surface area contributed by atoms with Gasteiger partial charge in [0, 0.05) is 6.07 Å². The first-order valence-corrected chi connectivity index (χ1v) is 4.91. The lowest BCUT2D eigenvalue weighted by Crippen LogP contribution is -2.19. The van der Waals surface area contributed by atoms with Crippen molar-refractivity contribution in [3.8, 4) is 5.75 Å². The Morgan fingerprint density at radius 1 is 1.62 bits per heavy atom. The monoisotopic (exact) mass is 260 g/mol. The van der Waals surface area contributed by atoms with Crippen LogP contribution in [0.3, 0.4) is 0 Å². The highest BCUT2D eigenvalue weighted by Gasteiger charge is 2.14. The average molecular weight is 261 g/mol. The Labute approximate surface area is 102 Å². The van der Waals surface area contributed by atoms with Crippen molar-refractivity contribution in [1.82, 2.24) is 0 Å². The fourth-order valence-electron chi connectivity index (χ4n) is 1.12. The predicted octanol–water partition coefficient (Wildman–Crippen LogP) is 1.70. The second-order valence-electron chi connectivity index (χ2n) is 2.83. The van der Waals surface area contributed by atoms with Crippen LogP contribution >= 0.6 is 23.8 Å². The maximum Gasteiger partial charge on any atom is 0.339 e. The van der Waals surface area contributed by atoms with Crippen molar-refractivity contribution in [3.05, 3.63) is 22.7 Å². The van der Waals surface area contributed by atoms with E-state index >= 15 is 0 Å². The molecule has 0 atom stereocenters. The summed E-state index contributed by atoms with van der Waals surface area (Å²) in [5.74, 6) is -0.948. The van der Waals surface area contributed by atoms with E-state index in [0.29, 0.717) is 5.69 Å². The number of anilines is 1. The van der Waals surface area contributed by atoms with Crippen LogP contribution in [-0.4, -0.2) is 23.3 Å². The maximum absolute atomic E-state index is 10.9. The second-order valence-corrected chi connectivity index (χ2v) is 3.67. The lowest BCUT2D eigenvalue weighted by Gasteiger charge is -2.11. The maximum atomic E-state index is 10.9. The molecule has 0 aliphatic carbocycles. The number of benzene rings is 1. The van der Waals surface area contributed by atoms with Gasteiger partial charge in [-0.3, -0.25) is 0 Å². The zero-order valence-electron chi connectivity index (χ0n) is 8.28. The van der Waals surface area contributed by atoms with Crippen molar-refractivity contribution in [3.63, 3.8) is 0 Å². The Hall–Kier alpha value is -1.53. The van der Waals surface area contributed by atoms with Gasteiger partial charge in [0.05, 0.1) is 17.8 Å². The Kier molecular flexibility index (Phi) is 3.92. The van der Waals surface area contributed by atoms with Gasteiger partial charge in [-0.05, 0) is 18.3 Å². The number of nitrogens with one attached hydrogen (secondary N) is 1. The van der Waals surface area contributed by atoms with Crippen LogP contribution in [0.4, 0.5) is 5.69 Å². The third-order valence-electron chi connectivity index (χ3n) is 1.78. The molecule has 0 aliphatic rings. The molecule has 0 fully saturated rings. The number of thiocarbonyl (C=S) groups is 1. The standard InChI is InChI=1S/C9H9ClN2O3S/c1-15-7-3-6(12-9(11)16)5(10)2-4(7)8(13)14/h2-3H,1H3,(H,13,14)(H3,11,12,16). The third kappa shape index (κ3) is 2.74. The summed E-state index contributed by atoms with van der Waals surface area (Å²) in [6, 6.07) is 2.69. The van der Waals surface area contributed by atoms with E-state index in [1.807, 2.05) is 0 Å². The molecule has 0 unspecified atom stereocenters. The topological polar surface area (TPSA) is 84.6 Å². The SMILES string of the molecule is COc1cc(NC(N)=S)c(Cl)cc1C(=O)O. The Morgan fingerprint density at radius 2 is 2.25 bits per heavy atom. The highest BCUT2D eigenvalue weighted by Crippen LogP contribution is 2.30. The molecule has 0 saturated carbocycles. The van der Waals surface area contributed by atoms with Crippen LogP contribution in [0.1, 0.15) is 10.4 Å². The molecule has 4 N–H and O–H groups in total. The van der Waals surface area contributed by atoms with Gasteiger partial charge >= 0.3 is 5.97 Å². The summed E-state index contributed by atoms with van der Waals surface area (Å²) in [6.07, 6.45) is 0. The molecule has 1 rings (SSSR count). The first-order valence-electron chi connectivity index (χ1n) is 4.13. The molecule has 0 spiro atoms. The summed E-state index contributed by atoms with van der Waals surface area (Å²) in [4.78, 5) is 10.9. The molecule has 0 saturated heterocycles. The van der Waals surface area contributed by atoms with Crippen molar-refractivity contribution < 1.29 is 14.6 Å². The summed E-state index contributed by atoms with van der Waals surface area (Å²) in [5, 5.41) is 11.7. The largest absolute Gasteiger partial charge is 0.496 e. The molecule has 0 radical (unpaired) electrons. The highest BCUT2D eigenvalue weighted by molar-refractivity contribution is 7.80. The van der Waals surface area contributed by atoms with Gasteiger partial charge in [0.2, 0.25) is 0 Å². The van der Waals surface area contributed by atoms with Gasteiger partial charge in [-0.1, -0.05) is 11.6 Å². The third-order valence-corrected chi connectivity index (χ3v) is 2.19. The van der Waals surface area contributed by atoms with E-state index in [-0.39, 0.29) is 21.4 Å². The average Bonchev–Trinajstić information content (AvgIpc) is 2.19. The quantitative estimate of drug-likeness (QED) is 0.718. The highest BCUT2D eigenvalue weighted by atomic mass is 35.5. The number of nitrogens with two attached hydrogens (primary N) is 1. The molecule has 1 aromatic rings. The predicted molar refractivity (Wildman–Crippen MR) is 65.4 cm³/mol. The van der Waals surface area contributed by atoms with Gasteiger partial charge in [-0.15, -0.1) is 0 Å². The van der Waals surface area contributed by atoms with Crippen LogP contribution in [0.5, 0.6) is 5.75 Å². The van der Waals surface area contributed by atoms with Gasteiger partial charge < -0.3 is 20.9 Å². The van der Waals surface area contributed by atoms with Gasteiger partial charge in [0.1, 0.15) is 11.3 Å². The van der Waals surface area contributed by atoms with Crippen LogP contribution in [0.2, 0.25) is 5.02 Å². The van der Waals surface area contributed by atoms with Gasteiger partial charge in [-0.25, -0.2) is 4.79 Å². The summed E-state index contributed by atoms with van der Waals surface area (Å²) in [6.45, 7) is 0. The summed E-state index contributed by atoms with van der Waals surface area (Å²) >= 11 is 10.5. The van der Waals surface area contributed by atoms with Crippen molar-refractivity contribution >= 4 is 40.6 Å². The number of halogens is 1. The van der Waals surface area contributed by atoms with Crippen molar-refractivity contribution in [2.75, 3.05) is 12.4 Å². The van der Waals surface area contributed by atoms with Crippen molar-refractivity contribution in [2.45, 2.75) is 0 Å². The molecule has 0 heterocycles. The molecular formula is C9H9ClN2O3S. The van der Waals surface area contributed by atoms with Crippen molar-refractivity contribution in [2.24, 2.45) is 5.73 Å². The minimum atomic E-state index is -1.12. The minimum absolute atomic E-state index is 0.0269. The first-order chi connectivity index (χ1) is 7.45. The summed E-state index contributed by atoms with van der Waals surface area (Å²) in [5.41, 5.74) is 5.66. The van der Waals surface area contributed by atoms with Crippen LogP contribution < -0.4 is 15.8 Å². The first kappa shape index (κ1) is 12.5. The summed E-state index contributed by atoms with van der Waals surface area (Å²) < 4.78 is 4.92. The van der Waals surface area contributed by atoms with E-state index in [2.05, 4.69) is 17.5 Å².